The summed E-state index contributed by atoms with van der Waals surface area (Å²) < 4.78 is 10.7. The van der Waals surface area contributed by atoms with Crippen molar-refractivity contribution >= 4 is 0 Å². The van der Waals surface area contributed by atoms with E-state index in [1.54, 1.807) is 0 Å². The summed E-state index contributed by atoms with van der Waals surface area (Å²) in [7, 11) is 0. The lowest BCUT2D eigenvalue weighted by molar-refractivity contribution is -0.00459. The van der Waals surface area contributed by atoms with E-state index >= 15 is 0 Å². The Morgan fingerprint density at radius 2 is 2.40 bits per heavy atom. The van der Waals surface area contributed by atoms with Gasteiger partial charge in [-0.05, 0) is 25.8 Å². The Bertz CT molecular complexity index is 295. The molecule has 1 atom stereocenters. The first-order chi connectivity index (χ1) is 7.40. The summed E-state index contributed by atoms with van der Waals surface area (Å²) in [5, 5.41) is 7.06. The topological polar surface area (TPSA) is 60.2 Å². The zero-order chi connectivity index (χ0) is 10.5. The van der Waals surface area contributed by atoms with Gasteiger partial charge in [0.2, 0.25) is 0 Å². The van der Waals surface area contributed by atoms with Crippen molar-refractivity contribution in [1.29, 1.82) is 0 Å². The van der Waals surface area contributed by atoms with Crippen LogP contribution in [0.2, 0.25) is 0 Å². The fourth-order valence-corrected chi connectivity index (χ4v) is 1.64. The van der Waals surface area contributed by atoms with Crippen LogP contribution in [0, 0.1) is 0 Å². The minimum absolute atomic E-state index is 0.0154. The Morgan fingerprint density at radius 1 is 1.47 bits per heavy atom. The highest BCUT2D eigenvalue weighted by molar-refractivity contribution is 4.91. The van der Waals surface area contributed by atoms with Crippen LogP contribution in [-0.4, -0.2) is 23.3 Å². The van der Waals surface area contributed by atoms with Crippen LogP contribution in [0.5, 0.6) is 0 Å². The first-order valence-corrected chi connectivity index (χ1v) is 5.55. The van der Waals surface area contributed by atoms with Crippen LogP contribution in [-0.2, 0) is 11.3 Å². The smallest absolute Gasteiger partial charge is 0.255 e. The summed E-state index contributed by atoms with van der Waals surface area (Å²) in [6, 6.07) is 0. The molecule has 0 spiro atoms. The van der Waals surface area contributed by atoms with Gasteiger partial charge in [0, 0.05) is 6.61 Å². The van der Waals surface area contributed by atoms with Crippen LogP contribution >= 0.6 is 0 Å². The van der Waals surface area contributed by atoms with Crippen LogP contribution < -0.4 is 5.32 Å². The van der Waals surface area contributed by atoms with E-state index in [4.69, 9.17) is 9.26 Å². The first-order valence-electron chi connectivity index (χ1n) is 5.55. The zero-order valence-corrected chi connectivity index (χ0v) is 9.03. The number of aromatic nitrogens is 2. The normalized spacial score (nSPS) is 21.8. The van der Waals surface area contributed by atoms with Gasteiger partial charge < -0.3 is 14.6 Å². The Labute approximate surface area is 89.2 Å². The SMILES string of the molecule is CCNCc1noc(C2CCCCO2)n1. The highest BCUT2D eigenvalue weighted by Gasteiger charge is 2.21. The number of nitrogens with one attached hydrogen (secondary N) is 1. The molecular weight excluding hydrogens is 194 g/mol. The van der Waals surface area contributed by atoms with Crippen molar-refractivity contribution in [3.8, 4) is 0 Å². The molecule has 1 aliphatic rings. The second-order valence-electron chi connectivity index (χ2n) is 3.68. The third kappa shape index (κ3) is 2.76. The summed E-state index contributed by atoms with van der Waals surface area (Å²) in [6.07, 6.45) is 3.31. The lowest BCUT2D eigenvalue weighted by Crippen LogP contribution is -2.14. The van der Waals surface area contributed by atoms with E-state index in [0.29, 0.717) is 18.3 Å². The van der Waals surface area contributed by atoms with E-state index in [1.165, 1.54) is 6.42 Å². The molecule has 2 heterocycles. The van der Waals surface area contributed by atoms with Crippen LogP contribution in [0.4, 0.5) is 0 Å². The van der Waals surface area contributed by atoms with Gasteiger partial charge in [-0.2, -0.15) is 4.98 Å². The third-order valence-electron chi connectivity index (χ3n) is 2.47. The van der Waals surface area contributed by atoms with E-state index in [2.05, 4.69) is 15.5 Å². The standard InChI is InChI=1S/C10H17N3O2/c1-2-11-7-9-12-10(15-13-9)8-5-3-4-6-14-8/h8,11H,2-7H2,1H3. The van der Waals surface area contributed by atoms with Gasteiger partial charge in [0.1, 0.15) is 6.10 Å². The van der Waals surface area contributed by atoms with Gasteiger partial charge in [0.25, 0.3) is 5.89 Å². The molecule has 0 saturated carbocycles. The highest BCUT2D eigenvalue weighted by Crippen LogP contribution is 2.26. The Kier molecular flexibility index (Phi) is 3.69. The molecule has 2 rings (SSSR count). The molecule has 1 unspecified atom stereocenters. The summed E-state index contributed by atoms with van der Waals surface area (Å²) in [5.41, 5.74) is 0. The molecule has 1 aromatic heterocycles. The molecule has 0 aliphatic carbocycles. The van der Waals surface area contributed by atoms with Gasteiger partial charge in [-0.15, -0.1) is 0 Å². The van der Waals surface area contributed by atoms with Crippen LogP contribution in [0.25, 0.3) is 0 Å². The molecule has 5 nitrogen and oxygen atoms in total. The van der Waals surface area contributed by atoms with Gasteiger partial charge in [-0.1, -0.05) is 12.1 Å². The number of rotatable bonds is 4. The molecule has 0 bridgehead atoms. The lowest BCUT2D eigenvalue weighted by atomic mass is 10.1. The largest absolute Gasteiger partial charge is 0.368 e. The number of nitrogens with zero attached hydrogens (tertiary/aromatic N) is 2. The van der Waals surface area contributed by atoms with Crippen molar-refractivity contribution in [2.24, 2.45) is 0 Å². The van der Waals surface area contributed by atoms with E-state index in [1.807, 2.05) is 6.92 Å². The molecule has 0 aromatic carbocycles. The van der Waals surface area contributed by atoms with Gasteiger partial charge in [-0.3, -0.25) is 0 Å². The average molecular weight is 211 g/mol. The molecule has 0 amide bonds. The van der Waals surface area contributed by atoms with Gasteiger partial charge in [0.15, 0.2) is 5.82 Å². The molecule has 1 fully saturated rings. The maximum atomic E-state index is 5.57. The lowest BCUT2D eigenvalue weighted by Gasteiger charge is -2.18. The molecule has 84 valence electrons. The van der Waals surface area contributed by atoms with Gasteiger partial charge >= 0.3 is 0 Å². The van der Waals surface area contributed by atoms with Crippen LogP contribution in [0.3, 0.4) is 0 Å². The van der Waals surface area contributed by atoms with E-state index in [9.17, 15) is 0 Å². The predicted molar refractivity (Wildman–Crippen MR) is 54.2 cm³/mol. The Balaban J connectivity index is 1.93. The monoisotopic (exact) mass is 211 g/mol. The third-order valence-corrected chi connectivity index (χ3v) is 2.47. The van der Waals surface area contributed by atoms with Crippen molar-refractivity contribution in [1.82, 2.24) is 15.5 Å². The van der Waals surface area contributed by atoms with E-state index in [0.717, 1.165) is 26.0 Å². The van der Waals surface area contributed by atoms with Crippen LogP contribution in [0.1, 0.15) is 44.0 Å². The Hall–Kier alpha value is -0.940. The van der Waals surface area contributed by atoms with Gasteiger partial charge in [-0.25, -0.2) is 0 Å². The van der Waals surface area contributed by atoms with Crippen molar-refractivity contribution < 1.29 is 9.26 Å². The van der Waals surface area contributed by atoms with E-state index in [-0.39, 0.29) is 6.10 Å². The maximum absolute atomic E-state index is 5.57. The minimum Gasteiger partial charge on any atom is -0.368 e. The quantitative estimate of drug-likeness (QED) is 0.816. The van der Waals surface area contributed by atoms with Crippen LogP contribution in [0.15, 0.2) is 4.52 Å². The molecule has 5 heteroatoms. The summed E-state index contributed by atoms with van der Waals surface area (Å²) in [4.78, 5) is 4.31. The highest BCUT2D eigenvalue weighted by atomic mass is 16.5. The Morgan fingerprint density at radius 3 is 3.13 bits per heavy atom. The molecule has 1 saturated heterocycles. The van der Waals surface area contributed by atoms with Crippen molar-refractivity contribution in [3.05, 3.63) is 11.7 Å². The fourth-order valence-electron chi connectivity index (χ4n) is 1.64. The number of hydrogen-bond donors (Lipinski definition) is 1. The first kappa shape index (κ1) is 10.6. The van der Waals surface area contributed by atoms with Crippen molar-refractivity contribution in [2.75, 3.05) is 13.2 Å². The molecule has 1 N–H and O–H groups in total. The average Bonchev–Trinajstić information content (AvgIpc) is 2.76. The summed E-state index contributed by atoms with van der Waals surface area (Å²) >= 11 is 0. The maximum Gasteiger partial charge on any atom is 0.255 e. The molecule has 1 aromatic rings. The molecule has 15 heavy (non-hydrogen) atoms. The summed E-state index contributed by atoms with van der Waals surface area (Å²) in [6.45, 7) is 4.41. The van der Waals surface area contributed by atoms with E-state index < -0.39 is 0 Å². The fraction of sp³-hybridized carbons (Fsp3) is 0.800. The zero-order valence-electron chi connectivity index (χ0n) is 9.03. The van der Waals surface area contributed by atoms with Gasteiger partial charge in [0.05, 0.1) is 6.54 Å². The number of ether oxygens (including phenoxy) is 1. The minimum atomic E-state index is 0.0154. The summed E-state index contributed by atoms with van der Waals surface area (Å²) in [5.74, 6) is 1.34. The second-order valence-corrected chi connectivity index (χ2v) is 3.68. The molecule has 1 aliphatic heterocycles. The predicted octanol–water partition coefficient (Wildman–Crippen LogP) is 1.42. The second kappa shape index (κ2) is 5.23. The van der Waals surface area contributed by atoms with Crippen molar-refractivity contribution in [2.45, 2.75) is 38.8 Å². The van der Waals surface area contributed by atoms with Crippen molar-refractivity contribution in [3.63, 3.8) is 0 Å². The number of hydrogen-bond acceptors (Lipinski definition) is 5. The molecular formula is C10H17N3O2. The molecule has 0 radical (unpaired) electrons.